The number of nitrogens with zero attached hydrogens (tertiary/aromatic N) is 1. The molecular formula is C9H15ClN2O. The van der Waals surface area contributed by atoms with Crippen LogP contribution >= 0.6 is 12.4 Å². The second-order valence-electron chi connectivity index (χ2n) is 3.16. The molecule has 0 spiro atoms. The Labute approximate surface area is 85.1 Å². The van der Waals surface area contributed by atoms with Gasteiger partial charge in [0.1, 0.15) is 0 Å². The van der Waals surface area contributed by atoms with Crippen molar-refractivity contribution in [3.8, 4) is 12.3 Å². The topological polar surface area (TPSA) is 46.3 Å². The van der Waals surface area contributed by atoms with Crippen LogP contribution in [0.4, 0.5) is 0 Å². The molecule has 0 aromatic carbocycles. The molecule has 1 heterocycles. The highest BCUT2D eigenvalue weighted by Crippen LogP contribution is 2.15. The van der Waals surface area contributed by atoms with Gasteiger partial charge < -0.3 is 5.73 Å². The van der Waals surface area contributed by atoms with Crippen molar-refractivity contribution in [3.63, 3.8) is 0 Å². The summed E-state index contributed by atoms with van der Waals surface area (Å²) in [4.78, 5) is 12.9. The van der Waals surface area contributed by atoms with Crippen LogP contribution in [0.15, 0.2) is 0 Å². The van der Waals surface area contributed by atoms with Crippen molar-refractivity contribution in [3.05, 3.63) is 0 Å². The normalized spacial score (nSPS) is 18.7. The van der Waals surface area contributed by atoms with E-state index in [1.165, 1.54) is 0 Å². The lowest BCUT2D eigenvalue weighted by atomic mass is 9.96. The van der Waals surface area contributed by atoms with E-state index in [2.05, 4.69) is 10.8 Å². The van der Waals surface area contributed by atoms with Crippen LogP contribution in [-0.4, -0.2) is 30.4 Å². The molecule has 1 rings (SSSR count). The fraction of sp³-hybridized carbons (Fsp3) is 0.667. The SMILES string of the molecule is C#CCN1CCC(C(N)=O)CC1.Cl. The van der Waals surface area contributed by atoms with Crippen LogP contribution in [-0.2, 0) is 4.79 Å². The fourth-order valence-electron chi connectivity index (χ4n) is 1.50. The number of halogens is 1. The average molecular weight is 203 g/mol. The molecule has 1 fully saturated rings. The smallest absolute Gasteiger partial charge is 0.220 e. The van der Waals surface area contributed by atoms with Gasteiger partial charge in [-0.25, -0.2) is 0 Å². The minimum Gasteiger partial charge on any atom is -0.369 e. The summed E-state index contributed by atoms with van der Waals surface area (Å²) in [6.45, 7) is 2.49. The second kappa shape index (κ2) is 5.85. The van der Waals surface area contributed by atoms with Gasteiger partial charge in [0.05, 0.1) is 6.54 Å². The summed E-state index contributed by atoms with van der Waals surface area (Å²) in [6.07, 6.45) is 6.89. The third-order valence-corrected chi connectivity index (χ3v) is 2.30. The van der Waals surface area contributed by atoms with E-state index in [-0.39, 0.29) is 24.2 Å². The lowest BCUT2D eigenvalue weighted by Gasteiger charge is -2.28. The molecule has 0 unspecified atom stereocenters. The number of carbonyl (C=O) groups is 1. The van der Waals surface area contributed by atoms with Gasteiger partial charge in [-0.05, 0) is 25.9 Å². The van der Waals surface area contributed by atoms with Crippen LogP contribution in [0.25, 0.3) is 0 Å². The molecule has 1 saturated heterocycles. The molecule has 0 bridgehead atoms. The van der Waals surface area contributed by atoms with Gasteiger partial charge in [0, 0.05) is 5.92 Å². The Morgan fingerprint density at radius 3 is 2.46 bits per heavy atom. The molecule has 2 N–H and O–H groups in total. The highest BCUT2D eigenvalue weighted by Gasteiger charge is 2.21. The van der Waals surface area contributed by atoms with Gasteiger partial charge in [-0.2, -0.15) is 0 Å². The minimum atomic E-state index is -0.171. The number of piperidine rings is 1. The van der Waals surface area contributed by atoms with Crippen molar-refractivity contribution >= 4 is 18.3 Å². The van der Waals surface area contributed by atoms with E-state index >= 15 is 0 Å². The Kier molecular flexibility index (Phi) is 5.52. The summed E-state index contributed by atoms with van der Waals surface area (Å²) in [5.74, 6) is 2.49. The Bertz CT molecular complexity index is 204. The van der Waals surface area contributed by atoms with Gasteiger partial charge in [0.2, 0.25) is 5.91 Å². The van der Waals surface area contributed by atoms with E-state index in [1.54, 1.807) is 0 Å². The van der Waals surface area contributed by atoms with Crippen molar-refractivity contribution in [1.29, 1.82) is 0 Å². The van der Waals surface area contributed by atoms with Crippen molar-refractivity contribution in [1.82, 2.24) is 4.90 Å². The van der Waals surface area contributed by atoms with E-state index in [0.29, 0.717) is 6.54 Å². The average Bonchev–Trinajstić information content (AvgIpc) is 2.06. The van der Waals surface area contributed by atoms with Gasteiger partial charge in [-0.15, -0.1) is 18.8 Å². The summed E-state index contributed by atoms with van der Waals surface area (Å²) in [6, 6.07) is 0. The largest absolute Gasteiger partial charge is 0.369 e. The second-order valence-corrected chi connectivity index (χ2v) is 3.16. The molecule has 1 amide bonds. The van der Waals surface area contributed by atoms with Crippen molar-refractivity contribution < 1.29 is 4.79 Å². The summed E-state index contributed by atoms with van der Waals surface area (Å²) >= 11 is 0. The maximum absolute atomic E-state index is 10.8. The van der Waals surface area contributed by atoms with E-state index in [0.717, 1.165) is 25.9 Å². The standard InChI is InChI=1S/C9H14N2O.ClH/c1-2-5-11-6-3-8(4-7-11)9(10)12;/h1,8H,3-7H2,(H2,10,12);1H. The number of hydrogen-bond acceptors (Lipinski definition) is 2. The fourth-order valence-corrected chi connectivity index (χ4v) is 1.50. The molecule has 0 aromatic rings. The Morgan fingerprint density at radius 1 is 1.54 bits per heavy atom. The number of amides is 1. The van der Waals surface area contributed by atoms with Crippen LogP contribution in [0.3, 0.4) is 0 Å². The lowest BCUT2D eigenvalue weighted by molar-refractivity contribution is -0.123. The molecular weight excluding hydrogens is 188 g/mol. The molecule has 1 aliphatic heterocycles. The lowest BCUT2D eigenvalue weighted by Crippen LogP contribution is -2.38. The summed E-state index contributed by atoms with van der Waals surface area (Å²) < 4.78 is 0. The third-order valence-electron chi connectivity index (χ3n) is 2.30. The van der Waals surface area contributed by atoms with Gasteiger partial charge >= 0.3 is 0 Å². The maximum Gasteiger partial charge on any atom is 0.220 e. The molecule has 13 heavy (non-hydrogen) atoms. The molecule has 0 saturated carbocycles. The first-order valence-electron chi connectivity index (χ1n) is 4.19. The molecule has 0 radical (unpaired) electrons. The van der Waals surface area contributed by atoms with Crippen molar-refractivity contribution in [2.45, 2.75) is 12.8 Å². The zero-order valence-electron chi connectivity index (χ0n) is 7.53. The maximum atomic E-state index is 10.8. The van der Waals surface area contributed by atoms with E-state index in [9.17, 15) is 4.79 Å². The van der Waals surface area contributed by atoms with Crippen molar-refractivity contribution in [2.75, 3.05) is 19.6 Å². The number of nitrogens with two attached hydrogens (primary N) is 1. The van der Waals surface area contributed by atoms with E-state index in [4.69, 9.17) is 12.2 Å². The Hall–Kier alpha value is -0.720. The molecule has 0 atom stereocenters. The number of rotatable bonds is 2. The molecule has 0 aliphatic carbocycles. The zero-order valence-corrected chi connectivity index (χ0v) is 8.35. The Balaban J connectivity index is 0.00000144. The Morgan fingerprint density at radius 2 is 2.08 bits per heavy atom. The highest BCUT2D eigenvalue weighted by atomic mass is 35.5. The summed E-state index contributed by atoms with van der Waals surface area (Å²) in [7, 11) is 0. The predicted molar refractivity (Wildman–Crippen MR) is 54.4 cm³/mol. The first-order valence-corrected chi connectivity index (χ1v) is 4.19. The highest BCUT2D eigenvalue weighted by molar-refractivity contribution is 5.85. The molecule has 1 aliphatic rings. The van der Waals surface area contributed by atoms with Crippen LogP contribution in [0.5, 0.6) is 0 Å². The van der Waals surface area contributed by atoms with Gasteiger partial charge in [0.25, 0.3) is 0 Å². The van der Waals surface area contributed by atoms with Crippen LogP contribution in [0.1, 0.15) is 12.8 Å². The summed E-state index contributed by atoms with van der Waals surface area (Å²) in [5.41, 5.74) is 5.19. The van der Waals surface area contributed by atoms with Crippen LogP contribution < -0.4 is 5.73 Å². The first kappa shape index (κ1) is 12.3. The zero-order chi connectivity index (χ0) is 8.97. The number of primary amides is 1. The number of likely N-dealkylation sites (tertiary alicyclic amines) is 1. The van der Waals surface area contributed by atoms with Crippen molar-refractivity contribution in [2.24, 2.45) is 11.7 Å². The van der Waals surface area contributed by atoms with Crippen LogP contribution in [0.2, 0.25) is 0 Å². The van der Waals surface area contributed by atoms with E-state index < -0.39 is 0 Å². The van der Waals surface area contributed by atoms with E-state index in [1.807, 2.05) is 0 Å². The van der Waals surface area contributed by atoms with Gasteiger partial charge in [-0.3, -0.25) is 9.69 Å². The van der Waals surface area contributed by atoms with Gasteiger partial charge in [-0.1, -0.05) is 5.92 Å². The minimum absolute atomic E-state index is 0. The number of terminal acetylenes is 1. The monoisotopic (exact) mass is 202 g/mol. The first-order chi connectivity index (χ1) is 5.74. The third kappa shape index (κ3) is 3.67. The molecule has 3 nitrogen and oxygen atoms in total. The van der Waals surface area contributed by atoms with Crippen LogP contribution in [0, 0.1) is 18.3 Å². The quantitative estimate of drug-likeness (QED) is 0.653. The number of hydrogen-bond donors (Lipinski definition) is 1. The summed E-state index contributed by atoms with van der Waals surface area (Å²) in [5, 5.41) is 0. The predicted octanol–water partition coefficient (Wildman–Crippen LogP) is 0.239. The molecule has 4 heteroatoms. The van der Waals surface area contributed by atoms with Gasteiger partial charge in [0.15, 0.2) is 0 Å². The molecule has 74 valence electrons. The number of carbonyl (C=O) groups excluding carboxylic acids is 1. The molecule has 0 aromatic heterocycles.